The van der Waals surface area contributed by atoms with E-state index in [0.29, 0.717) is 17.4 Å². The van der Waals surface area contributed by atoms with Crippen LogP contribution in [0.1, 0.15) is 18.1 Å². The Labute approximate surface area is 105 Å². The molecule has 0 aromatic heterocycles. The minimum absolute atomic E-state index is 0.0396. The van der Waals surface area contributed by atoms with Gasteiger partial charge < -0.3 is 5.32 Å². The van der Waals surface area contributed by atoms with Crippen molar-refractivity contribution in [1.82, 2.24) is 5.32 Å². The molecular weight excluding hydrogens is 245 g/mol. The maximum absolute atomic E-state index is 10.6. The number of rotatable bonds is 4. The van der Waals surface area contributed by atoms with E-state index in [0.717, 1.165) is 11.1 Å². The zero-order valence-corrected chi connectivity index (χ0v) is 10.5. The molecule has 1 amide bonds. The highest BCUT2D eigenvalue weighted by molar-refractivity contribution is 6.32. The van der Waals surface area contributed by atoms with Crippen molar-refractivity contribution >= 4 is 35.2 Å². The highest BCUT2D eigenvalue weighted by Gasteiger charge is 1.98. The van der Waals surface area contributed by atoms with Crippen LogP contribution in [-0.2, 0) is 10.7 Å². The fraction of sp³-hybridized carbons (Fsp3) is 0.250. The molecule has 2 nitrogen and oxygen atoms in total. The second-order valence-electron chi connectivity index (χ2n) is 3.32. The van der Waals surface area contributed by atoms with Gasteiger partial charge in [-0.3, -0.25) is 4.79 Å². The molecule has 4 heteroatoms. The quantitative estimate of drug-likeness (QED) is 0.825. The van der Waals surface area contributed by atoms with Gasteiger partial charge in [-0.1, -0.05) is 29.8 Å². The molecule has 0 saturated carbocycles. The lowest BCUT2D eigenvalue weighted by Gasteiger charge is -2.01. The normalized spacial score (nSPS) is 10.7. The summed E-state index contributed by atoms with van der Waals surface area (Å²) >= 11 is 11.7. The van der Waals surface area contributed by atoms with Crippen LogP contribution in [0, 0.1) is 0 Å². The van der Waals surface area contributed by atoms with Crippen LogP contribution in [0.2, 0.25) is 5.02 Å². The summed E-state index contributed by atoms with van der Waals surface area (Å²) in [4.78, 5) is 10.6. The van der Waals surface area contributed by atoms with E-state index in [1.165, 1.54) is 6.92 Å². The summed E-state index contributed by atoms with van der Waals surface area (Å²) in [6, 6.07) is 5.65. The zero-order valence-electron chi connectivity index (χ0n) is 8.97. The van der Waals surface area contributed by atoms with Crippen LogP contribution in [0.4, 0.5) is 0 Å². The topological polar surface area (TPSA) is 29.1 Å². The first-order chi connectivity index (χ1) is 7.63. The summed E-state index contributed by atoms with van der Waals surface area (Å²) in [5.41, 5.74) is 1.93. The summed E-state index contributed by atoms with van der Waals surface area (Å²) in [7, 11) is 0. The minimum Gasteiger partial charge on any atom is -0.353 e. The number of benzene rings is 1. The molecule has 86 valence electrons. The van der Waals surface area contributed by atoms with Crippen molar-refractivity contribution in [3.63, 3.8) is 0 Å². The number of amides is 1. The predicted molar refractivity (Wildman–Crippen MR) is 68.7 cm³/mol. The lowest BCUT2D eigenvalue weighted by atomic mass is 10.1. The molecule has 0 unspecified atom stereocenters. The third kappa shape index (κ3) is 4.25. The van der Waals surface area contributed by atoms with Gasteiger partial charge in [0, 0.05) is 24.4 Å². The Balaban J connectivity index is 2.63. The van der Waals surface area contributed by atoms with Gasteiger partial charge in [-0.05, 0) is 23.3 Å². The summed E-state index contributed by atoms with van der Waals surface area (Å²) in [5, 5.41) is 3.35. The van der Waals surface area contributed by atoms with Gasteiger partial charge in [0.25, 0.3) is 0 Å². The van der Waals surface area contributed by atoms with Crippen molar-refractivity contribution in [2.75, 3.05) is 6.54 Å². The van der Waals surface area contributed by atoms with Crippen LogP contribution in [0.25, 0.3) is 6.08 Å². The van der Waals surface area contributed by atoms with Gasteiger partial charge in [-0.15, -0.1) is 11.6 Å². The molecule has 0 radical (unpaired) electrons. The number of alkyl halides is 1. The molecule has 0 aliphatic carbocycles. The monoisotopic (exact) mass is 257 g/mol. The third-order valence-corrected chi connectivity index (χ3v) is 2.65. The van der Waals surface area contributed by atoms with Crippen molar-refractivity contribution in [3.8, 4) is 0 Å². The molecule has 1 aromatic carbocycles. The third-order valence-electron chi connectivity index (χ3n) is 1.99. The Bertz CT molecular complexity index is 402. The highest BCUT2D eigenvalue weighted by Crippen LogP contribution is 2.19. The SMILES string of the molecule is CC(=O)NCC=Cc1ccc(Cl)c(CCl)c1. The largest absolute Gasteiger partial charge is 0.353 e. The highest BCUT2D eigenvalue weighted by atomic mass is 35.5. The van der Waals surface area contributed by atoms with E-state index in [-0.39, 0.29) is 5.91 Å². The fourth-order valence-corrected chi connectivity index (χ4v) is 1.67. The number of carbonyl (C=O) groups excluding carboxylic acids is 1. The van der Waals surface area contributed by atoms with Crippen molar-refractivity contribution < 1.29 is 4.79 Å². The van der Waals surface area contributed by atoms with Gasteiger partial charge in [-0.2, -0.15) is 0 Å². The number of carbonyl (C=O) groups is 1. The van der Waals surface area contributed by atoms with Crippen molar-refractivity contribution in [2.45, 2.75) is 12.8 Å². The number of nitrogens with one attached hydrogen (secondary N) is 1. The Hall–Kier alpha value is -0.990. The van der Waals surface area contributed by atoms with E-state index in [9.17, 15) is 4.79 Å². The average Bonchev–Trinajstić information content (AvgIpc) is 2.26. The van der Waals surface area contributed by atoms with Gasteiger partial charge in [-0.25, -0.2) is 0 Å². The molecule has 16 heavy (non-hydrogen) atoms. The number of hydrogen-bond donors (Lipinski definition) is 1. The maximum atomic E-state index is 10.6. The first-order valence-electron chi connectivity index (χ1n) is 4.89. The first kappa shape index (κ1) is 13.1. The first-order valence-corrected chi connectivity index (χ1v) is 5.80. The van der Waals surface area contributed by atoms with Crippen LogP contribution in [0.5, 0.6) is 0 Å². The second-order valence-corrected chi connectivity index (χ2v) is 4.00. The fourth-order valence-electron chi connectivity index (χ4n) is 1.20. The van der Waals surface area contributed by atoms with Gasteiger partial charge in [0.15, 0.2) is 0 Å². The molecule has 0 spiro atoms. The molecule has 0 aliphatic heterocycles. The Morgan fingerprint density at radius 2 is 2.25 bits per heavy atom. The Morgan fingerprint density at radius 1 is 1.50 bits per heavy atom. The molecule has 0 heterocycles. The minimum atomic E-state index is -0.0396. The van der Waals surface area contributed by atoms with Crippen LogP contribution in [0.15, 0.2) is 24.3 Å². The predicted octanol–water partition coefficient (Wildman–Crippen LogP) is 3.23. The molecule has 0 fully saturated rings. The van der Waals surface area contributed by atoms with Gasteiger partial charge in [0.2, 0.25) is 5.91 Å². The van der Waals surface area contributed by atoms with E-state index in [1.54, 1.807) is 0 Å². The van der Waals surface area contributed by atoms with Crippen molar-refractivity contribution in [2.24, 2.45) is 0 Å². The Morgan fingerprint density at radius 3 is 2.88 bits per heavy atom. The summed E-state index contributed by atoms with van der Waals surface area (Å²) in [6.07, 6.45) is 3.80. The van der Waals surface area contributed by atoms with E-state index in [4.69, 9.17) is 23.2 Å². The maximum Gasteiger partial charge on any atom is 0.217 e. The molecular formula is C12H13Cl2NO. The molecule has 0 aliphatic rings. The van der Waals surface area contributed by atoms with E-state index in [1.807, 2.05) is 30.4 Å². The second kappa shape index (κ2) is 6.56. The van der Waals surface area contributed by atoms with Crippen molar-refractivity contribution in [1.29, 1.82) is 0 Å². The molecule has 0 bridgehead atoms. The van der Waals surface area contributed by atoms with Gasteiger partial charge in [0.1, 0.15) is 0 Å². The standard InChI is InChI=1S/C12H13Cl2NO/c1-9(16)15-6-2-3-10-4-5-12(14)11(7-10)8-13/h2-5,7H,6,8H2,1H3,(H,15,16). The molecule has 0 saturated heterocycles. The number of hydrogen-bond acceptors (Lipinski definition) is 1. The molecule has 1 aromatic rings. The zero-order chi connectivity index (χ0) is 12.0. The number of halogens is 2. The lowest BCUT2D eigenvalue weighted by molar-refractivity contribution is -0.118. The summed E-state index contributed by atoms with van der Waals surface area (Å²) in [6.45, 7) is 2.01. The van der Waals surface area contributed by atoms with Crippen LogP contribution in [0.3, 0.4) is 0 Å². The summed E-state index contributed by atoms with van der Waals surface area (Å²) in [5.74, 6) is 0.355. The molecule has 1 rings (SSSR count). The smallest absolute Gasteiger partial charge is 0.217 e. The molecule has 1 N–H and O–H groups in total. The van der Waals surface area contributed by atoms with Crippen LogP contribution < -0.4 is 5.32 Å². The van der Waals surface area contributed by atoms with E-state index in [2.05, 4.69) is 5.32 Å². The Kier molecular flexibility index (Phi) is 5.36. The van der Waals surface area contributed by atoms with Gasteiger partial charge in [0.05, 0.1) is 0 Å². The average molecular weight is 258 g/mol. The van der Waals surface area contributed by atoms with Crippen molar-refractivity contribution in [3.05, 3.63) is 40.4 Å². The molecule has 0 atom stereocenters. The van der Waals surface area contributed by atoms with Crippen LogP contribution in [-0.4, -0.2) is 12.5 Å². The van der Waals surface area contributed by atoms with Gasteiger partial charge >= 0.3 is 0 Å². The van der Waals surface area contributed by atoms with E-state index < -0.39 is 0 Å². The summed E-state index contributed by atoms with van der Waals surface area (Å²) < 4.78 is 0. The lowest BCUT2D eigenvalue weighted by Crippen LogP contribution is -2.19. The van der Waals surface area contributed by atoms with E-state index >= 15 is 0 Å². The van der Waals surface area contributed by atoms with Crippen LogP contribution >= 0.6 is 23.2 Å².